The van der Waals surface area contributed by atoms with Crippen LogP contribution in [0.3, 0.4) is 0 Å². The number of rotatable bonds is 4. The monoisotopic (exact) mass is 291 g/mol. The molecule has 86 valence electrons. The lowest BCUT2D eigenvalue weighted by Crippen LogP contribution is -1.99. The first-order valence-corrected chi connectivity index (χ1v) is 6.20. The van der Waals surface area contributed by atoms with Crippen molar-refractivity contribution in [1.29, 1.82) is 0 Å². The van der Waals surface area contributed by atoms with Crippen LogP contribution in [0.5, 0.6) is 11.6 Å². The van der Waals surface area contributed by atoms with Crippen LogP contribution in [0.2, 0.25) is 0 Å². The first-order chi connectivity index (χ1) is 8.29. The van der Waals surface area contributed by atoms with Gasteiger partial charge in [0, 0.05) is 17.8 Å². The van der Waals surface area contributed by atoms with Crippen LogP contribution in [-0.4, -0.2) is 16.1 Å². The summed E-state index contributed by atoms with van der Waals surface area (Å²) in [4.78, 5) is 15.4. The number of Topliss-reactive ketones (excluding diaryl/α,β-unsaturated/α-hetero) is 1. The van der Waals surface area contributed by atoms with Gasteiger partial charge >= 0.3 is 0 Å². The summed E-state index contributed by atoms with van der Waals surface area (Å²) in [6, 6.07) is 12.4. The predicted molar refractivity (Wildman–Crippen MR) is 68.9 cm³/mol. The molecule has 17 heavy (non-hydrogen) atoms. The van der Waals surface area contributed by atoms with Gasteiger partial charge in [0.1, 0.15) is 5.75 Å². The number of pyridine rings is 1. The quantitative estimate of drug-likeness (QED) is 0.640. The molecule has 0 saturated heterocycles. The van der Waals surface area contributed by atoms with E-state index in [1.807, 2.05) is 12.1 Å². The molecular formula is C13H10BrNO2. The second-order valence-corrected chi connectivity index (χ2v) is 3.91. The fourth-order valence-corrected chi connectivity index (χ4v) is 1.64. The number of aromatic nitrogens is 1. The maximum Gasteiger partial charge on any atom is 0.219 e. The van der Waals surface area contributed by atoms with Gasteiger partial charge in [-0.15, -0.1) is 0 Å². The summed E-state index contributed by atoms with van der Waals surface area (Å²) in [5, 5.41) is 0.327. The van der Waals surface area contributed by atoms with Crippen LogP contribution in [0.1, 0.15) is 10.4 Å². The van der Waals surface area contributed by atoms with Crippen molar-refractivity contribution in [2.45, 2.75) is 0 Å². The Kier molecular flexibility index (Phi) is 3.88. The maximum atomic E-state index is 11.4. The molecule has 0 N–H and O–H groups in total. The van der Waals surface area contributed by atoms with Gasteiger partial charge in [0.2, 0.25) is 5.88 Å². The van der Waals surface area contributed by atoms with E-state index in [4.69, 9.17) is 4.74 Å². The van der Waals surface area contributed by atoms with E-state index in [-0.39, 0.29) is 5.78 Å². The number of ether oxygens (including phenoxy) is 1. The van der Waals surface area contributed by atoms with Crippen molar-refractivity contribution in [2.24, 2.45) is 0 Å². The highest BCUT2D eigenvalue weighted by molar-refractivity contribution is 9.09. The van der Waals surface area contributed by atoms with Crippen LogP contribution in [-0.2, 0) is 0 Å². The molecule has 0 amide bonds. The summed E-state index contributed by atoms with van der Waals surface area (Å²) in [7, 11) is 0. The van der Waals surface area contributed by atoms with Gasteiger partial charge in [-0.1, -0.05) is 22.0 Å². The molecule has 0 spiro atoms. The molecule has 1 aromatic carbocycles. The molecule has 0 aliphatic carbocycles. The highest BCUT2D eigenvalue weighted by Gasteiger charge is 2.04. The Balaban J connectivity index is 2.11. The van der Waals surface area contributed by atoms with E-state index in [1.54, 1.807) is 36.5 Å². The van der Waals surface area contributed by atoms with Crippen molar-refractivity contribution in [3.63, 3.8) is 0 Å². The summed E-state index contributed by atoms with van der Waals surface area (Å²) >= 11 is 3.13. The number of benzene rings is 1. The Bertz CT molecular complexity index is 497. The molecule has 2 rings (SSSR count). The van der Waals surface area contributed by atoms with Gasteiger partial charge in [0.15, 0.2) is 5.78 Å². The Labute approximate surface area is 108 Å². The SMILES string of the molecule is O=C(CBr)c1ccc(Oc2ccccn2)cc1. The van der Waals surface area contributed by atoms with E-state index in [2.05, 4.69) is 20.9 Å². The molecule has 4 heteroatoms. The van der Waals surface area contributed by atoms with Crippen LogP contribution in [0.4, 0.5) is 0 Å². The number of halogens is 1. The van der Waals surface area contributed by atoms with E-state index in [1.165, 1.54) is 0 Å². The molecule has 2 aromatic rings. The number of hydrogen-bond donors (Lipinski definition) is 0. The number of ketones is 1. The lowest BCUT2D eigenvalue weighted by molar-refractivity contribution is 0.102. The van der Waals surface area contributed by atoms with Gasteiger partial charge in [0.05, 0.1) is 5.33 Å². The Morgan fingerprint density at radius 1 is 1.18 bits per heavy atom. The third-order valence-corrected chi connectivity index (χ3v) is 2.67. The molecule has 1 aromatic heterocycles. The average molecular weight is 292 g/mol. The van der Waals surface area contributed by atoms with Crippen LogP contribution < -0.4 is 4.74 Å². The smallest absolute Gasteiger partial charge is 0.219 e. The number of carbonyl (C=O) groups is 1. The predicted octanol–water partition coefficient (Wildman–Crippen LogP) is 3.45. The third-order valence-electron chi connectivity index (χ3n) is 2.16. The first-order valence-electron chi connectivity index (χ1n) is 5.08. The number of hydrogen-bond acceptors (Lipinski definition) is 3. The van der Waals surface area contributed by atoms with Gasteiger partial charge in [-0.05, 0) is 30.3 Å². The van der Waals surface area contributed by atoms with Gasteiger partial charge in [-0.2, -0.15) is 0 Å². The Hall–Kier alpha value is -1.68. The number of carbonyl (C=O) groups excluding carboxylic acids is 1. The Morgan fingerprint density at radius 3 is 2.53 bits per heavy atom. The zero-order valence-corrected chi connectivity index (χ0v) is 10.6. The van der Waals surface area contributed by atoms with Crippen LogP contribution >= 0.6 is 15.9 Å². The summed E-state index contributed by atoms with van der Waals surface area (Å²) < 4.78 is 5.51. The van der Waals surface area contributed by atoms with Crippen LogP contribution in [0.15, 0.2) is 48.7 Å². The van der Waals surface area contributed by atoms with Gasteiger partial charge in [-0.25, -0.2) is 4.98 Å². The fourth-order valence-electron chi connectivity index (χ4n) is 1.31. The molecule has 0 unspecified atom stereocenters. The minimum Gasteiger partial charge on any atom is -0.439 e. The summed E-state index contributed by atoms with van der Waals surface area (Å²) in [5.41, 5.74) is 0.662. The zero-order valence-electron chi connectivity index (χ0n) is 8.97. The second kappa shape index (κ2) is 5.59. The van der Waals surface area contributed by atoms with Crippen molar-refractivity contribution in [1.82, 2.24) is 4.98 Å². The average Bonchev–Trinajstić information content (AvgIpc) is 2.40. The van der Waals surface area contributed by atoms with Crippen molar-refractivity contribution in [3.05, 3.63) is 54.2 Å². The van der Waals surface area contributed by atoms with Crippen LogP contribution in [0, 0.1) is 0 Å². The molecule has 0 atom stereocenters. The van der Waals surface area contributed by atoms with E-state index < -0.39 is 0 Å². The minimum absolute atomic E-state index is 0.0504. The molecule has 0 radical (unpaired) electrons. The molecule has 0 aliphatic heterocycles. The Morgan fingerprint density at radius 2 is 1.94 bits per heavy atom. The lowest BCUT2D eigenvalue weighted by atomic mass is 10.1. The highest BCUT2D eigenvalue weighted by Crippen LogP contribution is 2.19. The first kappa shape index (κ1) is 11.8. The second-order valence-electron chi connectivity index (χ2n) is 3.35. The highest BCUT2D eigenvalue weighted by atomic mass is 79.9. The summed E-state index contributed by atoms with van der Waals surface area (Å²) in [6.07, 6.45) is 1.66. The lowest BCUT2D eigenvalue weighted by Gasteiger charge is -2.04. The van der Waals surface area contributed by atoms with Crippen molar-refractivity contribution in [3.8, 4) is 11.6 Å². The van der Waals surface area contributed by atoms with E-state index in [9.17, 15) is 4.79 Å². The molecule has 0 aliphatic rings. The van der Waals surface area contributed by atoms with Gasteiger partial charge in [-0.3, -0.25) is 4.79 Å². The third kappa shape index (κ3) is 3.14. The van der Waals surface area contributed by atoms with E-state index >= 15 is 0 Å². The van der Waals surface area contributed by atoms with Gasteiger partial charge in [0.25, 0.3) is 0 Å². The van der Waals surface area contributed by atoms with E-state index in [0.717, 1.165) is 0 Å². The number of nitrogens with zero attached hydrogens (tertiary/aromatic N) is 1. The number of alkyl halides is 1. The molecule has 3 nitrogen and oxygen atoms in total. The molecule has 0 fully saturated rings. The topological polar surface area (TPSA) is 39.2 Å². The van der Waals surface area contributed by atoms with Crippen molar-refractivity contribution >= 4 is 21.7 Å². The normalized spacial score (nSPS) is 9.94. The van der Waals surface area contributed by atoms with Crippen molar-refractivity contribution in [2.75, 3.05) is 5.33 Å². The van der Waals surface area contributed by atoms with Gasteiger partial charge < -0.3 is 4.74 Å². The fraction of sp³-hybridized carbons (Fsp3) is 0.0769. The molecular weight excluding hydrogens is 282 g/mol. The molecule has 0 bridgehead atoms. The zero-order chi connectivity index (χ0) is 12.1. The van der Waals surface area contributed by atoms with Crippen LogP contribution in [0.25, 0.3) is 0 Å². The minimum atomic E-state index is 0.0504. The molecule has 0 saturated carbocycles. The summed E-state index contributed by atoms with van der Waals surface area (Å²) in [6.45, 7) is 0. The van der Waals surface area contributed by atoms with E-state index in [0.29, 0.717) is 22.5 Å². The maximum absolute atomic E-state index is 11.4. The largest absolute Gasteiger partial charge is 0.439 e. The standard InChI is InChI=1S/C13H10BrNO2/c14-9-12(16)10-4-6-11(7-5-10)17-13-3-1-2-8-15-13/h1-8H,9H2. The summed E-state index contributed by atoms with van der Waals surface area (Å²) in [5.74, 6) is 1.25. The van der Waals surface area contributed by atoms with Crippen molar-refractivity contribution < 1.29 is 9.53 Å². The molecule has 1 heterocycles.